The predicted molar refractivity (Wildman–Crippen MR) is 151 cm³/mol. The van der Waals surface area contributed by atoms with Gasteiger partial charge in [-0.05, 0) is 60.6 Å². The zero-order valence-corrected chi connectivity index (χ0v) is 22.1. The molecule has 0 atom stereocenters. The predicted octanol–water partition coefficient (Wildman–Crippen LogP) is 6.35. The third-order valence-corrected chi connectivity index (χ3v) is 7.18. The minimum atomic E-state index is -0.567. The Morgan fingerprint density at radius 3 is 2.54 bits per heavy atom. The SMILES string of the molecule is CCCCC1=C(Cc2ccc(-c3ccccc3-c3noc(=O)[nH]3)cc2)CN(c2ccc3c(c2)OCO3)C(C)=N1. The van der Waals surface area contributed by atoms with E-state index in [4.69, 9.17) is 19.0 Å². The highest BCUT2D eigenvalue weighted by molar-refractivity contribution is 5.98. The molecule has 0 aliphatic carbocycles. The quantitative estimate of drug-likeness (QED) is 0.290. The van der Waals surface area contributed by atoms with Gasteiger partial charge in [-0.3, -0.25) is 9.51 Å². The van der Waals surface area contributed by atoms with E-state index in [9.17, 15) is 4.79 Å². The summed E-state index contributed by atoms with van der Waals surface area (Å²) >= 11 is 0. The van der Waals surface area contributed by atoms with Gasteiger partial charge in [0.15, 0.2) is 17.3 Å². The first-order chi connectivity index (χ1) is 19.1. The molecule has 8 heteroatoms. The first-order valence-electron chi connectivity index (χ1n) is 13.3. The van der Waals surface area contributed by atoms with Crippen LogP contribution >= 0.6 is 0 Å². The molecule has 0 saturated heterocycles. The van der Waals surface area contributed by atoms with Gasteiger partial charge in [0.1, 0.15) is 5.84 Å². The largest absolute Gasteiger partial charge is 0.454 e. The second-order valence-corrected chi connectivity index (χ2v) is 9.80. The van der Waals surface area contributed by atoms with Gasteiger partial charge in [-0.25, -0.2) is 9.79 Å². The molecular weight excluding hydrogens is 492 g/mol. The number of aromatic amines is 1. The molecule has 0 unspecified atom stereocenters. The topological polar surface area (TPSA) is 93.0 Å². The summed E-state index contributed by atoms with van der Waals surface area (Å²) in [6, 6.07) is 22.5. The lowest BCUT2D eigenvalue weighted by Gasteiger charge is -2.31. The molecule has 0 fully saturated rings. The highest BCUT2D eigenvalue weighted by Gasteiger charge is 2.23. The number of amidine groups is 1. The van der Waals surface area contributed by atoms with Crippen molar-refractivity contribution in [3.63, 3.8) is 0 Å². The number of aromatic nitrogens is 2. The van der Waals surface area contributed by atoms with E-state index in [0.29, 0.717) is 5.82 Å². The normalized spacial score (nSPS) is 14.6. The minimum absolute atomic E-state index is 0.259. The van der Waals surface area contributed by atoms with Crippen molar-refractivity contribution >= 4 is 11.5 Å². The number of H-pyrrole nitrogens is 1. The fourth-order valence-corrected chi connectivity index (χ4v) is 5.13. The first-order valence-corrected chi connectivity index (χ1v) is 13.3. The summed E-state index contributed by atoms with van der Waals surface area (Å²) in [4.78, 5) is 21.5. The van der Waals surface area contributed by atoms with Gasteiger partial charge >= 0.3 is 5.76 Å². The summed E-state index contributed by atoms with van der Waals surface area (Å²) < 4.78 is 15.8. The molecule has 8 nitrogen and oxygen atoms in total. The second kappa shape index (κ2) is 10.6. The smallest absolute Gasteiger partial charge is 0.439 e. The van der Waals surface area contributed by atoms with Crippen LogP contribution in [0.2, 0.25) is 0 Å². The Labute approximate surface area is 226 Å². The number of nitrogens with zero attached hydrogens (tertiary/aromatic N) is 3. The van der Waals surface area contributed by atoms with E-state index in [-0.39, 0.29) is 6.79 Å². The number of unbranched alkanes of at least 4 members (excludes halogenated alkanes) is 1. The van der Waals surface area contributed by atoms with E-state index in [1.54, 1.807) is 0 Å². The molecule has 0 saturated carbocycles. The maximum Gasteiger partial charge on any atom is 0.439 e. The van der Waals surface area contributed by atoms with Crippen LogP contribution < -0.4 is 20.1 Å². The van der Waals surface area contributed by atoms with E-state index >= 15 is 0 Å². The van der Waals surface area contributed by atoms with E-state index < -0.39 is 5.76 Å². The molecule has 2 aliphatic heterocycles. The molecule has 4 aromatic rings. The number of benzene rings is 3. The number of hydrogen-bond donors (Lipinski definition) is 1. The van der Waals surface area contributed by atoms with Gasteiger partial charge in [-0.2, -0.15) is 0 Å². The summed E-state index contributed by atoms with van der Waals surface area (Å²) in [6.07, 6.45) is 4.02. The van der Waals surface area contributed by atoms with Crippen LogP contribution in [0.1, 0.15) is 38.7 Å². The third-order valence-electron chi connectivity index (χ3n) is 7.18. The van der Waals surface area contributed by atoms with E-state index in [0.717, 1.165) is 71.9 Å². The summed E-state index contributed by atoms with van der Waals surface area (Å²) in [6.45, 7) is 5.32. The van der Waals surface area contributed by atoms with Crippen LogP contribution in [0.5, 0.6) is 11.5 Å². The van der Waals surface area contributed by atoms with E-state index in [1.807, 2.05) is 36.4 Å². The standard InChI is InChI=1S/C31H30N4O4/c1-3-4-9-27-23(18-35(20(2)32-27)24-14-15-28-29(17-24)38-19-37-28)16-21-10-12-22(13-11-21)25-7-5-6-8-26(25)30-33-31(36)39-34-30/h5-8,10-15,17H,3-4,9,16,18-19H2,1-2H3,(H,33,34,36). The van der Waals surface area contributed by atoms with Crippen LogP contribution in [0, 0.1) is 0 Å². The molecule has 2 aliphatic rings. The molecule has 1 aromatic heterocycles. The molecule has 3 aromatic carbocycles. The van der Waals surface area contributed by atoms with Crippen molar-refractivity contribution in [1.82, 2.24) is 10.1 Å². The Hall–Kier alpha value is -4.59. The monoisotopic (exact) mass is 522 g/mol. The van der Waals surface area contributed by atoms with E-state index in [2.05, 4.69) is 59.2 Å². The maximum absolute atomic E-state index is 11.5. The Morgan fingerprint density at radius 2 is 1.77 bits per heavy atom. The number of aliphatic imine (C=N–C) groups is 1. The number of nitrogens with one attached hydrogen (secondary N) is 1. The molecule has 0 bridgehead atoms. The summed E-state index contributed by atoms with van der Waals surface area (Å²) in [5.41, 5.74) is 7.61. The number of rotatable bonds is 8. The van der Waals surface area contributed by atoms with Gasteiger partial charge in [-0.15, -0.1) is 0 Å². The van der Waals surface area contributed by atoms with Gasteiger partial charge in [0, 0.05) is 29.6 Å². The summed E-state index contributed by atoms with van der Waals surface area (Å²) in [5, 5.41) is 3.88. The van der Waals surface area contributed by atoms with Crippen molar-refractivity contribution in [2.45, 2.75) is 39.5 Å². The van der Waals surface area contributed by atoms with E-state index in [1.165, 1.54) is 16.8 Å². The highest BCUT2D eigenvalue weighted by atomic mass is 16.7. The average Bonchev–Trinajstić information content (AvgIpc) is 3.62. The van der Waals surface area contributed by atoms with Crippen LogP contribution in [0.15, 0.2) is 92.3 Å². The average molecular weight is 523 g/mol. The molecule has 0 radical (unpaired) electrons. The van der Waals surface area contributed by atoms with Crippen molar-refractivity contribution in [3.8, 4) is 34.0 Å². The molecule has 0 spiro atoms. The molecule has 0 amide bonds. The van der Waals surface area contributed by atoms with Crippen molar-refractivity contribution in [2.75, 3.05) is 18.2 Å². The number of hydrogen-bond acceptors (Lipinski definition) is 7. The lowest BCUT2D eigenvalue weighted by atomic mass is 9.95. The fourth-order valence-electron chi connectivity index (χ4n) is 5.13. The Balaban J connectivity index is 1.27. The van der Waals surface area contributed by atoms with Crippen LogP contribution in [0.25, 0.3) is 22.5 Å². The van der Waals surface area contributed by atoms with Gasteiger partial charge in [0.25, 0.3) is 0 Å². The molecular formula is C31H30N4O4. The molecule has 1 N–H and O–H groups in total. The maximum atomic E-state index is 11.5. The van der Waals surface area contributed by atoms with Crippen molar-refractivity contribution in [3.05, 3.63) is 94.1 Å². The van der Waals surface area contributed by atoms with Crippen LogP contribution in [0.4, 0.5) is 5.69 Å². The van der Waals surface area contributed by atoms with Gasteiger partial charge in [0.05, 0.1) is 0 Å². The number of allylic oxidation sites excluding steroid dienone is 1. The van der Waals surface area contributed by atoms with Crippen LogP contribution in [0.3, 0.4) is 0 Å². The molecule has 3 heterocycles. The van der Waals surface area contributed by atoms with Crippen LogP contribution in [-0.2, 0) is 6.42 Å². The fraction of sp³-hybridized carbons (Fsp3) is 0.258. The van der Waals surface area contributed by atoms with Gasteiger partial charge in [0.2, 0.25) is 6.79 Å². The number of anilines is 1. The molecule has 39 heavy (non-hydrogen) atoms. The zero-order chi connectivity index (χ0) is 26.8. The van der Waals surface area contributed by atoms with Crippen molar-refractivity contribution in [1.29, 1.82) is 0 Å². The Kier molecular flexibility index (Phi) is 6.75. The van der Waals surface area contributed by atoms with Gasteiger partial charge < -0.3 is 14.4 Å². The lowest BCUT2D eigenvalue weighted by molar-refractivity contribution is 0.174. The molecule has 6 rings (SSSR count). The van der Waals surface area contributed by atoms with Crippen molar-refractivity contribution < 1.29 is 14.0 Å². The highest BCUT2D eigenvalue weighted by Crippen LogP contribution is 2.37. The summed E-state index contributed by atoms with van der Waals surface area (Å²) in [7, 11) is 0. The first kappa shape index (κ1) is 24.7. The third kappa shape index (κ3) is 5.10. The Bertz CT molecular complexity index is 1610. The minimum Gasteiger partial charge on any atom is -0.454 e. The summed E-state index contributed by atoms with van der Waals surface area (Å²) in [5.74, 6) is 2.39. The zero-order valence-electron chi connectivity index (χ0n) is 22.1. The number of ether oxygens (including phenoxy) is 2. The van der Waals surface area contributed by atoms with Crippen LogP contribution in [-0.4, -0.2) is 29.3 Å². The Morgan fingerprint density at radius 1 is 0.974 bits per heavy atom. The lowest BCUT2D eigenvalue weighted by Crippen LogP contribution is -2.34. The molecule has 198 valence electrons. The number of fused-ring (bicyclic) bond motifs is 1. The van der Waals surface area contributed by atoms with Gasteiger partial charge in [-0.1, -0.05) is 67.0 Å². The second-order valence-electron chi connectivity index (χ2n) is 9.80. The van der Waals surface area contributed by atoms with Crippen molar-refractivity contribution in [2.24, 2.45) is 4.99 Å².